The van der Waals surface area contributed by atoms with Crippen molar-refractivity contribution in [2.75, 3.05) is 20.3 Å². The van der Waals surface area contributed by atoms with E-state index in [0.717, 1.165) is 135 Å². The van der Waals surface area contributed by atoms with Crippen LogP contribution in [0.2, 0.25) is 0 Å². The normalized spacial score (nSPS) is 14.0. The molecule has 1 fully saturated rings. The van der Waals surface area contributed by atoms with Crippen molar-refractivity contribution >= 4 is 47.6 Å². The van der Waals surface area contributed by atoms with Gasteiger partial charge in [-0.2, -0.15) is 0 Å². The zero-order chi connectivity index (χ0) is 56.6. The summed E-state index contributed by atoms with van der Waals surface area (Å²) < 4.78 is 34.6. The highest BCUT2D eigenvalue weighted by molar-refractivity contribution is 6.02. The fraction of sp³-hybridized carbons (Fsp3) is 0.869. The maximum Gasteiger partial charge on any atom is 0.377 e. The number of hydroxylamine groups is 2. The van der Waals surface area contributed by atoms with Gasteiger partial charge in [0, 0.05) is 45.6 Å². The minimum atomic E-state index is -2.33. The third-order valence-electron chi connectivity index (χ3n) is 14.1. The molecular formula is C61H107NO15. The van der Waals surface area contributed by atoms with E-state index in [4.69, 9.17) is 33.3 Å². The van der Waals surface area contributed by atoms with Crippen LogP contribution in [0.25, 0.3) is 0 Å². The van der Waals surface area contributed by atoms with Gasteiger partial charge in [0.2, 0.25) is 12.2 Å². The van der Waals surface area contributed by atoms with Gasteiger partial charge in [0.15, 0.2) is 12.2 Å². The number of methoxy groups -OCH3 is 1. The molecule has 2 amide bonds. The van der Waals surface area contributed by atoms with Gasteiger partial charge < -0.3 is 33.3 Å². The quantitative estimate of drug-likeness (QED) is 0.0240. The minimum Gasteiger partial charge on any atom is -0.460 e. The van der Waals surface area contributed by atoms with Crippen LogP contribution in [0, 0.1) is 0 Å². The Balaban J connectivity index is 3.78. The van der Waals surface area contributed by atoms with E-state index in [-0.39, 0.29) is 56.8 Å². The predicted octanol–water partition coefficient (Wildman–Crippen LogP) is 14.1. The summed E-state index contributed by atoms with van der Waals surface area (Å²) in [5.41, 5.74) is 0. The van der Waals surface area contributed by atoms with Crippen LogP contribution in [-0.4, -0.2) is 97.4 Å². The molecule has 1 aliphatic rings. The van der Waals surface area contributed by atoms with E-state index in [1.54, 1.807) is 0 Å². The zero-order valence-electron chi connectivity index (χ0n) is 49.0. The molecule has 16 heteroatoms. The fourth-order valence-corrected chi connectivity index (χ4v) is 9.35. The molecule has 0 N–H and O–H groups in total. The van der Waals surface area contributed by atoms with Crippen LogP contribution in [0.1, 0.15) is 297 Å². The van der Waals surface area contributed by atoms with Gasteiger partial charge in [-0.05, 0) is 25.7 Å². The standard InChI is InChI=1S/C61H107NO15/c1-6-10-14-18-22-26-30-34-38-42-52(65)73-56(58(60(69)72-49-48-71-5)75-54(67)44-40-36-32-28-24-20-16-12-8-3)57(74-53(66)43-39-35-31-27-23-19-15-11-7-2)59(61(70)77-62-50(63)46-47-51(62)64)76-55(68)45-41-37-33-29-25-21-17-13-9-4/h56-59H,6-49H2,1-5H3. The molecule has 16 nitrogen and oxygen atoms in total. The van der Waals surface area contributed by atoms with E-state index in [1.165, 1.54) is 52.1 Å². The topological polar surface area (TPSA) is 204 Å². The number of unbranched alkanes of at least 4 members (excludes halogenated alkanes) is 32. The highest BCUT2D eigenvalue weighted by Crippen LogP contribution is 2.26. The molecular weight excluding hydrogens is 987 g/mol. The SMILES string of the molecule is CCCCCCCCCCCC(=O)OC(C(=O)OCCOC)C(OC(=O)CCCCCCCCCCC)C(OC(=O)CCCCCCCCCCC)C(OC(=O)CCCCCCCCCCC)C(=O)ON1C(=O)CCC1=O. The van der Waals surface area contributed by atoms with Crippen molar-refractivity contribution in [3.63, 3.8) is 0 Å². The molecule has 0 aromatic rings. The molecule has 4 unspecified atom stereocenters. The Hall–Kier alpha value is -4.08. The third-order valence-corrected chi connectivity index (χ3v) is 14.1. The van der Waals surface area contributed by atoms with Crippen molar-refractivity contribution in [2.24, 2.45) is 0 Å². The molecule has 0 aliphatic carbocycles. The Morgan fingerprint density at radius 2 is 0.623 bits per heavy atom. The number of hydrogen-bond acceptors (Lipinski definition) is 15. The molecule has 4 atom stereocenters. The molecule has 0 spiro atoms. The summed E-state index contributed by atoms with van der Waals surface area (Å²) in [6.45, 7) is 8.29. The van der Waals surface area contributed by atoms with Gasteiger partial charge in [0.05, 0.1) is 6.61 Å². The van der Waals surface area contributed by atoms with Gasteiger partial charge in [-0.1, -0.05) is 233 Å². The van der Waals surface area contributed by atoms with Crippen molar-refractivity contribution in [1.82, 2.24) is 5.06 Å². The zero-order valence-corrected chi connectivity index (χ0v) is 49.0. The number of nitrogens with zero attached hydrogens (tertiary/aromatic N) is 1. The second-order valence-corrected chi connectivity index (χ2v) is 21.2. The number of carbonyl (C=O) groups excluding carboxylic acids is 8. The predicted molar refractivity (Wildman–Crippen MR) is 297 cm³/mol. The van der Waals surface area contributed by atoms with Crippen molar-refractivity contribution in [3.8, 4) is 0 Å². The first-order valence-electron chi connectivity index (χ1n) is 30.9. The van der Waals surface area contributed by atoms with Crippen LogP contribution in [0.3, 0.4) is 0 Å². The molecule has 446 valence electrons. The summed E-state index contributed by atoms with van der Waals surface area (Å²) in [7, 11) is 1.39. The minimum absolute atomic E-state index is 0.0611. The number of ether oxygens (including phenoxy) is 6. The summed E-state index contributed by atoms with van der Waals surface area (Å²) in [5.74, 6) is -7.94. The van der Waals surface area contributed by atoms with Crippen LogP contribution < -0.4 is 0 Å². The lowest BCUT2D eigenvalue weighted by Gasteiger charge is -2.34. The smallest absolute Gasteiger partial charge is 0.377 e. The lowest BCUT2D eigenvalue weighted by atomic mass is 10.0. The van der Waals surface area contributed by atoms with Gasteiger partial charge in [-0.15, -0.1) is 5.06 Å². The average Bonchev–Trinajstić information content (AvgIpc) is 3.73. The van der Waals surface area contributed by atoms with Gasteiger partial charge in [-0.25, -0.2) is 9.59 Å². The first kappa shape index (κ1) is 70.9. The number of esters is 5. The molecule has 0 aromatic heterocycles. The van der Waals surface area contributed by atoms with E-state index < -0.39 is 72.0 Å². The van der Waals surface area contributed by atoms with E-state index in [1.807, 2.05) is 0 Å². The molecule has 0 radical (unpaired) electrons. The molecule has 77 heavy (non-hydrogen) atoms. The van der Waals surface area contributed by atoms with E-state index in [0.29, 0.717) is 51.4 Å². The highest BCUT2D eigenvalue weighted by Gasteiger charge is 2.52. The second-order valence-electron chi connectivity index (χ2n) is 21.2. The number of imide groups is 1. The van der Waals surface area contributed by atoms with Gasteiger partial charge in [0.25, 0.3) is 11.8 Å². The van der Waals surface area contributed by atoms with E-state index in [2.05, 4.69) is 27.7 Å². The van der Waals surface area contributed by atoms with Gasteiger partial charge in [0.1, 0.15) is 6.61 Å². The lowest BCUT2D eigenvalue weighted by Crippen LogP contribution is -2.57. The Morgan fingerprint density at radius 1 is 0.364 bits per heavy atom. The van der Waals surface area contributed by atoms with Crippen molar-refractivity contribution in [2.45, 2.75) is 322 Å². The molecule has 1 heterocycles. The largest absolute Gasteiger partial charge is 0.460 e. The fourth-order valence-electron chi connectivity index (χ4n) is 9.35. The Labute approximate surface area is 464 Å². The summed E-state index contributed by atoms with van der Waals surface area (Å²) in [4.78, 5) is 116. The van der Waals surface area contributed by atoms with Crippen molar-refractivity contribution in [1.29, 1.82) is 0 Å². The second kappa shape index (κ2) is 49.0. The third kappa shape index (κ3) is 36.7. The van der Waals surface area contributed by atoms with Crippen LogP contribution in [0.4, 0.5) is 0 Å². The molecule has 0 saturated carbocycles. The monoisotopic (exact) mass is 1090 g/mol. The number of carbonyl (C=O) groups is 8. The first-order valence-corrected chi connectivity index (χ1v) is 30.9. The van der Waals surface area contributed by atoms with E-state index in [9.17, 15) is 38.4 Å². The van der Waals surface area contributed by atoms with Gasteiger partial charge >= 0.3 is 35.8 Å². The average molecular weight is 1090 g/mol. The maximum atomic E-state index is 14.6. The van der Waals surface area contributed by atoms with Crippen LogP contribution in [0.15, 0.2) is 0 Å². The molecule has 1 aliphatic heterocycles. The van der Waals surface area contributed by atoms with Crippen molar-refractivity contribution in [3.05, 3.63) is 0 Å². The Morgan fingerprint density at radius 3 is 0.909 bits per heavy atom. The first-order chi connectivity index (χ1) is 37.4. The maximum absolute atomic E-state index is 14.6. The Bertz CT molecular complexity index is 1570. The van der Waals surface area contributed by atoms with Gasteiger partial charge in [-0.3, -0.25) is 28.8 Å². The van der Waals surface area contributed by atoms with Crippen LogP contribution >= 0.6 is 0 Å². The summed E-state index contributed by atoms with van der Waals surface area (Å²) in [5, 5.41) is 0.261. The lowest BCUT2D eigenvalue weighted by molar-refractivity contribution is -0.223. The summed E-state index contributed by atoms with van der Waals surface area (Å²) in [6, 6.07) is 0. The van der Waals surface area contributed by atoms with Crippen LogP contribution in [0.5, 0.6) is 0 Å². The molecule has 1 rings (SSSR count). The highest BCUT2D eigenvalue weighted by atomic mass is 16.7. The van der Waals surface area contributed by atoms with Crippen molar-refractivity contribution < 1.29 is 71.6 Å². The summed E-state index contributed by atoms with van der Waals surface area (Å²) >= 11 is 0. The Kier molecular flexibility index (Phi) is 45.1. The summed E-state index contributed by atoms with van der Waals surface area (Å²) in [6.07, 6.45) is 24.6. The molecule has 1 saturated heterocycles. The van der Waals surface area contributed by atoms with E-state index >= 15 is 0 Å². The van der Waals surface area contributed by atoms with Crippen LogP contribution in [-0.2, 0) is 71.6 Å². The molecule has 0 aromatic carbocycles. The molecule has 0 bridgehead atoms. The number of amides is 2. The number of rotatable bonds is 53. The number of hydrogen-bond donors (Lipinski definition) is 0.